The molecule has 100 valence electrons. The van der Waals surface area contributed by atoms with Gasteiger partial charge in [-0.1, -0.05) is 24.3 Å². The highest BCUT2D eigenvalue weighted by Crippen LogP contribution is 2.19. The summed E-state index contributed by atoms with van der Waals surface area (Å²) in [6.45, 7) is 0.267. The zero-order valence-corrected chi connectivity index (χ0v) is 10.6. The van der Waals surface area contributed by atoms with Crippen molar-refractivity contribution in [3.63, 3.8) is 0 Å². The number of likely N-dealkylation sites (N-methyl/N-ethyl adjacent to an activating group) is 1. The third-order valence-electron chi connectivity index (χ3n) is 2.85. The highest BCUT2D eigenvalue weighted by Gasteiger charge is 2.15. The predicted octanol–water partition coefficient (Wildman–Crippen LogP) is 3.30. The van der Waals surface area contributed by atoms with Crippen LogP contribution in [0.4, 0.5) is 8.78 Å². The monoisotopic (exact) mass is 263 g/mol. The van der Waals surface area contributed by atoms with Gasteiger partial charge in [0.25, 0.3) is 0 Å². The van der Waals surface area contributed by atoms with E-state index in [0.29, 0.717) is 11.3 Å². The van der Waals surface area contributed by atoms with Crippen LogP contribution in [0.2, 0.25) is 0 Å². The molecule has 0 heterocycles. The highest BCUT2D eigenvalue weighted by molar-refractivity contribution is 5.24. The molecule has 0 fully saturated rings. The Balaban J connectivity index is 2.08. The molecule has 1 atom stereocenters. The van der Waals surface area contributed by atoms with Gasteiger partial charge in [-0.2, -0.15) is 0 Å². The lowest BCUT2D eigenvalue weighted by molar-refractivity contribution is 0.269. The standard InChI is InChI=1S/C15H15F2NO/c1-18-15(10-19-12-5-3-2-4-6-12)13-8-7-11(16)9-14(13)17/h2-9,15,18H,10H2,1H3. The van der Waals surface area contributed by atoms with Crippen LogP contribution in [0.5, 0.6) is 5.75 Å². The topological polar surface area (TPSA) is 21.3 Å². The molecule has 0 aliphatic carbocycles. The minimum Gasteiger partial charge on any atom is -0.492 e. The molecule has 1 unspecified atom stereocenters. The van der Waals surface area contributed by atoms with Crippen molar-refractivity contribution in [1.82, 2.24) is 5.32 Å². The highest BCUT2D eigenvalue weighted by atomic mass is 19.1. The first-order valence-corrected chi connectivity index (χ1v) is 6.01. The molecule has 4 heteroatoms. The van der Waals surface area contributed by atoms with Gasteiger partial charge in [-0.05, 0) is 25.2 Å². The van der Waals surface area contributed by atoms with Gasteiger partial charge in [0.1, 0.15) is 24.0 Å². The van der Waals surface area contributed by atoms with Crippen molar-refractivity contribution < 1.29 is 13.5 Å². The van der Waals surface area contributed by atoms with Crippen LogP contribution in [-0.4, -0.2) is 13.7 Å². The molecule has 0 bridgehead atoms. The number of nitrogens with one attached hydrogen (secondary N) is 1. The van der Waals surface area contributed by atoms with E-state index in [9.17, 15) is 8.78 Å². The average Bonchev–Trinajstić information content (AvgIpc) is 2.42. The number of hydrogen-bond acceptors (Lipinski definition) is 2. The van der Waals surface area contributed by atoms with Crippen molar-refractivity contribution in [2.45, 2.75) is 6.04 Å². The first-order chi connectivity index (χ1) is 9.20. The summed E-state index contributed by atoms with van der Waals surface area (Å²) in [6.07, 6.45) is 0. The van der Waals surface area contributed by atoms with E-state index in [-0.39, 0.29) is 12.6 Å². The summed E-state index contributed by atoms with van der Waals surface area (Å²) in [5.74, 6) is -0.443. The van der Waals surface area contributed by atoms with Gasteiger partial charge in [0.05, 0.1) is 6.04 Å². The van der Waals surface area contributed by atoms with Crippen molar-refractivity contribution in [2.24, 2.45) is 0 Å². The first-order valence-electron chi connectivity index (χ1n) is 6.01. The maximum absolute atomic E-state index is 13.7. The molecule has 0 aromatic heterocycles. The van der Waals surface area contributed by atoms with E-state index in [1.807, 2.05) is 30.3 Å². The Bertz CT molecular complexity index is 531. The van der Waals surface area contributed by atoms with E-state index in [1.54, 1.807) is 7.05 Å². The van der Waals surface area contributed by atoms with Gasteiger partial charge in [-0.3, -0.25) is 0 Å². The van der Waals surface area contributed by atoms with Crippen molar-refractivity contribution in [3.05, 3.63) is 65.7 Å². The van der Waals surface area contributed by atoms with Gasteiger partial charge in [0, 0.05) is 11.6 Å². The average molecular weight is 263 g/mol. The number of hydrogen-bond donors (Lipinski definition) is 1. The van der Waals surface area contributed by atoms with Gasteiger partial charge in [0.2, 0.25) is 0 Å². The summed E-state index contributed by atoms with van der Waals surface area (Å²) in [4.78, 5) is 0. The van der Waals surface area contributed by atoms with E-state index in [4.69, 9.17) is 4.74 Å². The Morgan fingerprint density at radius 2 is 1.84 bits per heavy atom. The Morgan fingerprint density at radius 1 is 1.11 bits per heavy atom. The molecule has 0 aliphatic heterocycles. The second-order valence-electron chi connectivity index (χ2n) is 4.13. The van der Waals surface area contributed by atoms with Crippen LogP contribution in [-0.2, 0) is 0 Å². The van der Waals surface area contributed by atoms with Gasteiger partial charge >= 0.3 is 0 Å². The molecule has 2 aromatic rings. The SMILES string of the molecule is CNC(COc1ccccc1)c1ccc(F)cc1F. The fraction of sp³-hybridized carbons (Fsp3) is 0.200. The van der Waals surface area contributed by atoms with Crippen molar-refractivity contribution >= 4 is 0 Å². The lowest BCUT2D eigenvalue weighted by Gasteiger charge is -2.18. The van der Waals surface area contributed by atoms with Crippen LogP contribution in [0.25, 0.3) is 0 Å². The van der Waals surface area contributed by atoms with Crippen LogP contribution in [0.3, 0.4) is 0 Å². The lowest BCUT2D eigenvalue weighted by Crippen LogP contribution is -2.24. The van der Waals surface area contributed by atoms with Crippen LogP contribution >= 0.6 is 0 Å². The number of halogens is 2. The molecule has 0 spiro atoms. The van der Waals surface area contributed by atoms with E-state index < -0.39 is 11.6 Å². The Hall–Kier alpha value is -1.94. The fourth-order valence-corrected chi connectivity index (χ4v) is 1.81. The summed E-state index contributed by atoms with van der Waals surface area (Å²) < 4.78 is 32.1. The lowest BCUT2D eigenvalue weighted by atomic mass is 10.1. The third kappa shape index (κ3) is 3.51. The third-order valence-corrected chi connectivity index (χ3v) is 2.85. The largest absolute Gasteiger partial charge is 0.492 e. The van der Waals surface area contributed by atoms with Crippen LogP contribution in [0.15, 0.2) is 48.5 Å². The van der Waals surface area contributed by atoms with Gasteiger partial charge < -0.3 is 10.1 Å². The Labute approximate surface area is 111 Å². The predicted molar refractivity (Wildman–Crippen MR) is 70.1 cm³/mol. The Kier molecular flexibility index (Phi) is 4.47. The summed E-state index contributed by atoms with van der Waals surface area (Å²) in [5, 5.41) is 2.96. The summed E-state index contributed by atoms with van der Waals surface area (Å²) in [5.41, 5.74) is 0.389. The summed E-state index contributed by atoms with van der Waals surface area (Å²) in [6, 6.07) is 12.5. The zero-order chi connectivity index (χ0) is 13.7. The van der Waals surface area contributed by atoms with Gasteiger partial charge in [-0.15, -0.1) is 0 Å². The molecular weight excluding hydrogens is 248 g/mol. The molecule has 0 radical (unpaired) electrons. The number of para-hydroxylation sites is 1. The second-order valence-corrected chi connectivity index (χ2v) is 4.13. The molecule has 2 rings (SSSR count). The van der Waals surface area contributed by atoms with E-state index in [1.165, 1.54) is 12.1 Å². The first kappa shape index (κ1) is 13.5. The molecule has 0 aliphatic rings. The quantitative estimate of drug-likeness (QED) is 0.893. The van der Waals surface area contributed by atoms with E-state index >= 15 is 0 Å². The van der Waals surface area contributed by atoms with E-state index in [0.717, 1.165) is 6.07 Å². The Morgan fingerprint density at radius 3 is 2.47 bits per heavy atom. The second kappa shape index (κ2) is 6.29. The summed E-state index contributed by atoms with van der Waals surface area (Å²) in [7, 11) is 1.71. The van der Waals surface area contributed by atoms with Crippen LogP contribution in [0.1, 0.15) is 11.6 Å². The minimum absolute atomic E-state index is 0.267. The van der Waals surface area contributed by atoms with Crippen molar-refractivity contribution in [1.29, 1.82) is 0 Å². The normalized spacial score (nSPS) is 12.2. The number of rotatable bonds is 5. The van der Waals surface area contributed by atoms with Crippen LogP contribution < -0.4 is 10.1 Å². The molecule has 2 aromatic carbocycles. The molecular formula is C15H15F2NO. The van der Waals surface area contributed by atoms with Crippen molar-refractivity contribution in [3.8, 4) is 5.75 Å². The zero-order valence-electron chi connectivity index (χ0n) is 10.6. The van der Waals surface area contributed by atoms with Gasteiger partial charge in [-0.25, -0.2) is 8.78 Å². The van der Waals surface area contributed by atoms with E-state index in [2.05, 4.69) is 5.32 Å². The smallest absolute Gasteiger partial charge is 0.131 e. The molecule has 2 nitrogen and oxygen atoms in total. The van der Waals surface area contributed by atoms with Crippen molar-refractivity contribution in [2.75, 3.05) is 13.7 Å². The molecule has 0 amide bonds. The fourth-order valence-electron chi connectivity index (χ4n) is 1.81. The molecule has 0 saturated carbocycles. The van der Waals surface area contributed by atoms with Crippen LogP contribution in [0, 0.1) is 11.6 Å². The number of benzene rings is 2. The molecule has 0 saturated heterocycles. The maximum atomic E-state index is 13.7. The molecule has 1 N–H and O–H groups in total. The van der Waals surface area contributed by atoms with Gasteiger partial charge in [0.15, 0.2) is 0 Å². The number of ether oxygens (including phenoxy) is 1. The minimum atomic E-state index is -0.583. The maximum Gasteiger partial charge on any atom is 0.131 e. The summed E-state index contributed by atoms with van der Waals surface area (Å²) >= 11 is 0. The molecule has 19 heavy (non-hydrogen) atoms.